The summed E-state index contributed by atoms with van der Waals surface area (Å²) in [6.07, 6.45) is 21.6. The minimum absolute atomic E-state index is 0.902. The highest BCUT2D eigenvalue weighted by Crippen LogP contribution is 2.09. The highest BCUT2D eigenvalue weighted by Gasteiger charge is 1.90. The Hall–Kier alpha value is -0.880. The van der Waals surface area contributed by atoms with E-state index in [4.69, 9.17) is 6.42 Å². The first-order valence-corrected chi connectivity index (χ1v) is 7.81. The molecule has 0 aromatic heterocycles. The summed E-state index contributed by atoms with van der Waals surface area (Å²) in [5.41, 5.74) is 0. The van der Waals surface area contributed by atoms with E-state index in [-0.39, 0.29) is 0 Å². The van der Waals surface area contributed by atoms with Gasteiger partial charge in [0.05, 0.1) is 0 Å². The lowest BCUT2D eigenvalue weighted by molar-refractivity contribution is 0.579. The van der Waals surface area contributed by atoms with E-state index in [1.54, 1.807) is 0 Å². The molecule has 0 aliphatic rings. The SMILES string of the molecule is C#CCCCCC#CCCCCCCCCCC. The fraction of sp³-hybridized carbons (Fsp3) is 0.778. The summed E-state index contributed by atoms with van der Waals surface area (Å²) < 4.78 is 0. The predicted molar refractivity (Wildman–Crippen MR) is 82.3 cm³/mol. The van der Waals surface area contributed by atoms with Gasteiger partial charge in [0.2, 0.25) is 0 Å². The zero-order valence-corrected chi connectivity index (χ0v) is 12.3. The van der Waals surface area contributed by atoms with E-state index < -0.39 is 0 Å². The van der Waals surface area contributed by atoms with Crippen LogP contribution < -0.4 is 0 Å². The molecule has 0 aromatic carbocycles. The molecule has 102 valence electrons. The molecule has 0 saturated carbocycles. The van der Waals surface area contributed by atoms with Crippen LogP contribution >= 0.6 is 0 Å². The topological polar surface area (TPSA) is 0 Å². The monoisotopic (exact) mass is 246 g/mol. The Morgan fingerprint density at radius 2 is 1.06 bits per heavy atom. The van der Waals surface area contributed by atoms with Gasteiger partial charge in [0.1, 0.15) is 0 Å². The predicted octanol–water partition coefficient (Wildman–Crippen LogP) is 5.71. The van der Waals surface area contributed by atoms with E-state index in [9.17, 15) is 0 Å². The van der Waals surface area contributed by atoms with E-state index >= 15 is 0 Å². The molecule has 0 rings (SSSR count). The maximum absolute atomic E-state index is 5.19. The van der Waals surface area contributed by atoms with Crippen LogP contribution in [0.4, 0.5) is 0 Å². The number of terminal acetylenes is 1. The molecule has 18 heavy (non-hydrogen) atoms. The van der Waals surface area contributed by atoms with Crippen LogP contribution in [0.2, 0.25) is 0 Å². The summed E-state index contributed by atoms with van der Waals surface area (Å²) in [5.74, 6) is 9.18. The molecule has 0 saturated heterocycles. The Kier molecular flexibility index (Phi) is 15.3. The lowest BCUT2D eigenvalue weighted by atomic mass is 10.1. The second kappa shape index (κ2) is 16.1. The van der Waals surface area contributed by atoms with Crippen LogP contribution in [-0.2, 0) is 0 Å². The van der Waals surface area contributed by atoms with E-state index in [2.05, 4.69) is 24.7 Å². The van der Waals surface area contributed by atoms with Crippen LogP contribution in [0.1, 0.15) is 90.4 Å². The second-order valence-electron chi connectivity index (χ2n) is 4.99. The van der Waals surface area contributed by atoms with Gasteiger partial charge in [0.25, 0.3) is 0 Å². The van der Waals surface area contributed by atoms with Crippen molar-refractivity contribution in [1.82, 2.24) is 0 Å². The van der Waals surface area contributed by atoms with Crippen LogP contribution in [0, 0.1) is 24.2 Å². The molecule has 0 bridgehead atoms. The third-order valence-corrected chi connectivity index (χ3v) is 3.15. The van der Waals surface area contributed by atoms with Crippen LogP contribution in [0.15, 0.2) is 0 Å². The van der Waals surface area contributed by atoms with Gasteiger partial charge in [0.15, 0.2) is 0 Å². The highest BCUT2D eigenvalue weighted by molar-refractivity contribution is 4.98. The van der Waals surface area contributed by atoms with Crippen molar-refractivity contribution in [2.45, 2.75) is 90.4 Å². The van der Waals surface area contributed by atoms with Gasteiger partial charge in [-0.1, -0.05) is 51.9 Å². The molecule has 0 amide bonds. The molecular weight excluding hydrogens is 216 g/mol. The van der Waals surface area contributed by atoms with Crippen molar-refractivity contribution in [1.29, 1.82) is 0 Å². The number of unbranched alkanes of at least 4 members (excludes halogenated alkanes) is 11. The zero-order valence-electron chi connectivity index (χ0n) is 12.3. The Balaban J connectivity index is 3.06. The van der Waals surface area contributed by atoms with Crippen molar-refractivity contribution in [3.8, 4) is 24.2 Å². The first-order valence-electron chi connectivity index (χ1n) is 7.81. The average molecular weight is 246 g/mol. The second-order valence-corrected chi connectivity index (χ2v) is 4.99. The van der Waals surface area contributed by atoms with Gasteiger partial charge < -0.3 is 0 Å². The largest absolute Gasteiger partial charge is 0.120 e. The average Bonchev–Trinajstić information content (AvgIpc) is 2.39. The molecule has 0 atom stereocenters. The quantitative estimate of drug-likeness (QED) is 0.323. The lowest BCUT2D eigenvalue weighted by Crippen LogP contribution is -1.80. The van der Waals surface area contributed by atoms with Gasteiger partial charge in [-0.3, -0.25) is 0 Å². The first kappa shape index (κ1) is 17.1. The van der Waals surface area contributed by atoms with Gasteiger partial charge in [-0.2, -0.15) is 0 Å². The highest BCUT2D eigenvalue weighted by atomic mass is 14.0. The van der Waals surface area contributed by atoms with E-state index in [0.29, 0.717) is 0 Å². The van der Waals surface area contributed by atoms with Gasteiger partial charge in [-0.05, 0) is 19.3 Å². The maximum Gasteiger partial charge on any atom is 0.00890 e. The molecule has 0 aliphatic heterocycles. The Bertz CT molecular complexity index is 245. The van der Waals surface area contributed by atoms with Gasteiger partial charge >= 0.3 is 0 Å². The smallest absolute Gasteiger partial charge is 0.00890 e. The Morgan fingerprint density at radius 3 is 1.61 bits per heavy atom. The Morgan fingerprint density at radius 1 is 0.611 bits per heavy atom. The number of rotatable bonds is 11. The standard InChI is InChI=1S/C18H30/c1-3-5-7-9-11-13-15-17-18-16-14-12-10-8-6-4-2/h1H,4-12,14,16-18H2,2H3. The van der Waals surface area contributed by atoms with E-state index in [0.717, 1.165) is 32.1 Å². The summed E-state index contributed by atoms with van der Waals surface area (Å²) >= 11 is 0. The number of hydrogen-bond donors (Lipinski definition) is 0. The van der Waals surface area contributed by atoms with Gasteiger partial charge in [-0.15, -0.1) is 24.2 Å². The molecule has 0 spiro atoms. The van der Waals surface area contributed by atoms with Crippen molar-refractivity contribution in [3.05, 3.63) is 0 Å². The fourth-order valence-corrected chi connectivity index (χ4v) is 1.96. The molecule has 0 aromatic rings. The minimum atomic E-state index is 0.902. The molecule has 0 heteroatoms. The summed E-state index contributed by atoms with van der Waals surface area (Å²) in [4.78, 5) is 0. The summed E-state index contributed by atoms with van der Waals surface area (Å²) in [5, 5.41) is 0. The van der Waals surface area contributed by atoms with Gasteiger partial charge in [0, 0.05) is 19.3 Å². The van der Waals surface area contributed by atoms with Crippen molar-refractivity contribution in [3.63, 3.8) is 0 Å². The first-order chi connectivity index (χ1) is 8.91. The van der Waals surface area contributed by atoms with E-state index in [1.807, 2.05) is 0 Å². The normalized spacial score (nSPS) is 9.56. The van der Waals surface area contributed by atoms with Crippen LogP contribution in [-0.4, -0.2) is 0 Å². The van der Waals surface area contributed by atoms with Crippen molar-refractivity contribution in [2.24, 2.45) is 0 Å². The number of hydrogen-bond acceptors (Lipinski definition) is 0. The van der Waals surface area contributed by atoms with Crippen molar-refractivity contribution >= 4 is 0 Å². The van der Waals surface area contributed by atoms with Crippen LogP contribution in [0.25, 0.3) is 0 Å². The lowest BCUT2D eigenvalue weighted by Gasteiger charge is -1.99. The molecule has 0 nitrogen and oxygen atoms in total. The van der Waals surface area contributed by atoms with Crippen molar-refractivity contribution in [2.75, 3.05) is 0 Å². The zero-order chi connectivity index (χ0) is 13.3. The van der Waals surface area contributed by atoms with Gasteiger partial charge in [-0.25, -0.2) is 0 Å². The minimum Gasteiger partial charge on any atom is -0.120 e. The summed E-state index contributed by atoms with van der Waals surface area (Å²) in [6, 6.07) is 0. The van der Waals surface area contributed by atoms with E-state index in [1.165, 1.54) is 51.4 Å². The molecule has 0 fully saturated rings. The molecule has 0 heterocycles. The molecular formula is C18H30. The third kappa shape index (κ3) is 15.1. The third-order valence-electron chi connectivity index (χ3n) is 3.15. The van der Waals surface area contributed by atoms with Crippen molar-refractivity contribution < 1.29 is 0 Å². The molecule has 0 unspecified atom stereocenters. The maximum atomic E-state index is 5.19. The van der Waals surface area contributed by atoms with Crippen LogP contribution in [0.5, 0.6) is 0 Å². The summed E-state index contributed by atoms with van der Waals surface area (Å²) in [6.45, 7) is 2.27. The molecule has 0 aliphatic carbocycles. The molecule has 0 radical (unpaired) electrons. The fourth-order valence-electron chi connectivity index (χ4n) is 1.96. The Labute approximate surface area is 115 Å². The van der Waals surface area contributed by atoms with Crippen LogP contribution in [0.3, 0.4) is 0 Å². The molecule has 0 N–H and O–H groups in total. The summed E-state index contributed by atoms with van der Waals surface area (Å²) in [7, 11) is 0.